The van der Waals surface area contributed by atoms with Crippen LogP contribution in [0.15, 0.2) is 29.3 Å². The molecule has 0 heterocycles. The topological polar surface area (TPSA) is 79.5 Å². The van der Waals surface area contributed by atoms with Gasteiger partial charge in [0.05, 0.1) is 12.5 Å². The summed E-state index contributed by atoms with van der Waals surface area (Å²) in [4.78, 5) is 16.4. The van der Waals surface area contributed by atoms with Crippen molar-refractivity contribution in [1.82, 2.24) is 10.6 Å². The maximum atomic E-state index is 13.0. The lowest BCUT2D eigenvalue weighted by molar-refractivity contribution is -0.121. The molecule has 0 saturated heterocycles. The first-order valence-corrected chi connectivity index (χ1v) is 10.4. The SMILES string of the molecule is CCNC(=NCC(Cc1ccc(F)cc1)C(N)=O)NC1CCC(SC)C1.I. The molecule has 2 rings (SSSR count). The molecule has 1 amide bonds. The van der Waals surface area contributed by atoms with Gasteiger partial charge in [-0.3, -0.25) is 9.79 Å². The van der Waals surface area contributed by atoms with Gasteiger partial charge in [-0.25, -0.2) is 4.39 Å². The molecule has 27 heavy (non-hydrogen) atoms. The molecule has 1 fully saturated rings. The van der Waals surface area contributed by atoms with Crippen molar-refractivity contribution in [2.75, 3.05) is 19.3 Å². The van der Waals surface area contributed by atoms with Gasteiger partial charge in [-0.2, -0.15) is 11.8 Å². The third-order valence-electron chi connectivity index (χ3n) is 4.67. The molecule has 8 heteroatoms. The maximum Gasteiger partial charge on any atom is 0.222 e. The molecule has 3 atom stereocenters. The molecule has 1 saturated carbocycles. The first kappa shape index (κ1) is 24.0. The summed E-state index contributed by atoms with van der Waals surface area (Å²) in [5, 5.41) is 7.41. The second kappa shape index (κ2) is 12.4. The van der Waals surface area contributed by atoms with E-state index in [1.807, 2.05) is 18.7 Å². The van der Waals surface area contributed by atoms with Gasteiger partial charge < -0.3 is 16.4 Å². The molecule has 3 unspecified atom stereocenters. The number of benzene rings is 1. The first-order chi connectivity index (χ1) is 12.5. The number of hydrogen-bond acceptors (Lipinski definition) is 3. The summed E-state index contributed by atoms with van der Waals surface area (Å²) in [6.45, 7) is 3.07. The number of halogens is 2. The normalized spacial score (nSPS) is 20.6. The zero-order valence-corrected chi connectivity index (χ0v) is 19.1. The summed E-state index contributed by atoms with van der Waals surface area (Å²) < 4.78 is 13.0. The third-order valence-corrected chi connectivity index (χ3v) is 5.77. The number of carbonyl (C=O) groups excluding carboxylic acids is 1. The van der Waals surface area contributed by atoms with Gasteiger partial charge in [-0.05, 0) is 56.6 Å². The first-order valence-electron chi connectivity index (χ1n) is 9.13. The predicted molar refractivity (Wildman–Crippen MR) is 122 cm³/mol. The predicted octanol–water partition coefficient (Wildman–Crippen LogP) is 2.93. The van der Waals surface area contributed by atoms with Crippen LogP contribution in [0.1, 0.15) is 31.7 Å². The van der Waals surface area contributed by atoms with Gasteiger partial charge in [0, 0.05) is 17.8 Å². The number of nitrogens with one attached hydrogen (secondary N) is 2. The minimum atomic E-state index is -0.418. The number of hydrogen-bond donors (Lipinski definition) is 3. The Balaban J connectivity index is 0.00000364. The van der Waals surface area contributed by atoms with Crippen LogP contribution in [0.25, 0.3) is 0 Å². The zero-order chi connectivity index (χ0) is 18.9. The van der Waals surface area contributed by atoms with Crippen LogP contribution < -0.4 is 16.4 Å². The van der Waals surface area contributed by atoms with Crippen LogP contribution in [0, 0.1) is 11.7 Å². The van der Waals surface area contributed by atoms with E-state index in [0.717, 1.165) is 30.9 Å². The summed E-state index contributed by atoms with van der Waals surface area (Å²) in [5.41, 5.74) is 6.43. The number of aliphatic imine (C=N–C) groups is 1. The van der Waals surface area contributed by atoms with Gasteiger partial charge in [-0.1, -0.05) is 12.1 Å². The van der Waals surface area contributed by atoms with Gasteiger partial charge in [0.25, 0.3) is 0 Å². The van der Waals surface area contributed by atoms with Crippen LogP contribution in [0.4, 0.5) is 4.39 Å². The third kappa shape index (κ3) is 8.25. The Morgan fingerprint density at radius 1 is 1.37 bits per heavy atom. The number of nitrogens with zero attached hydrogens (tertiary/aromatic N) is 1. The Bertz CT molecular complexity index is 614. The second-order valence-electron chi connectivity index (χ2n) is 6.66. The molecular weight excluding hydrogens is 478 g/mol. The number of nitrogens with two attached hydrogens (primary N) is 1. The lowest BCUT2D eigenvalue weighted by atomic mass is 9.99. The van der Waals surface area contributed by atoms with Crippen molar-refractivity contribution in [1.29, 1.82) is 0 Å². The highest BCUT2D eigenvalue weighted by Gasteiger charge is 2.24. The number of thioether (sulfide) groups is 1. The van der Waals surface area contributed by atoms with Gasteiger partial charge in [-0.15, -0.1) is 24.0 Å². The summed E-state index contributed by atoms with van der Waals surface area (Å²) in [6.07, 6.45) is 6.08. The molecular formula is C19H30FIN4OS. The van der Waals surface area contributed by atoms with E-state index in [1.54, 1.807) is 12.1 Å². The number of guanidine groups is 1. The van der Waals surface area contributed by atoms with Gasteiger partial charge in [0.15, 0.2) is 5.96 Å². The van der Waals surface area contributed by atoms with E-state index in [2.05, 4.69) is 21.9 Å². The average Bonchev–Trinajstić information content (AvgIpc) is 3.07. The molecule has 152 valence electrons. The molecule has 1 aromatic rings. The largest absolute Gasteiger partial charge is 0.369 e. The van der Waals surface area contributed by atoms with Gasteiger partial charge in [0.2, 0.25) is 5.91 Å². The minimum absolute atomic E-state index is 0. The Hall–Kier alpha value is -1.03. The van der Waals surface area contributed by atoms with Crippen molar-refractivity contribution >= 4 is 47.6 Å². The van der Waals surface area contributed by atoms with Crippen molar-refractivity contribution in [2.45, 2.75) is 43.9 Å². The van der Waals surface area contributed by atoms with Crippen molar-refractivity contribution in [3.05, 3.63) is 35.6 Å². The van der Waals surface area contributed by atoms with E-state index in [0.29, 0.717) is 24.3 Å². The van der Waals surface area contributed by atoms with Crippen LogP contribution in [-0.2, 0) is 11.2 Å². The lowest BCUT2D eigenvalue weighted by Crippen LogP contribution is -2.43. The fourth-order valence-electron chi connectivity index (χ4n) is 3.16. The Morgan fingerprint density at radius 2 is 2.07 bits per heavy atom. The number of carbonyl (C=O) groups is 1. The Kier molecular flexibility index (Phi) is 11.1. The molecule has 5 nitrogen and oxygen atoms in total. The van der Waals surface area contributed by atoms with Crippen LogP contribution >= 0.6 is 35.7 Å². The smallest absolute Gasteiger partial charge is 0.222 e. The van der Waals surface area contributed by atoms with E-state index in [9.17, 15) is 9.18 Å². The monoisotopic (exact) mass is 508 g/mol. The summed E-state index contributed by atoms with van der Waals surface area (Å²) in [5.74, 6) is -0.374. The van der Waals surface area contributed by atoms with E-state index in [1.165, 1.54) is 18.6 Å². The Morgan fingerprint density at radius 3 is 2.63 bits per heavy atom. The molecule has 0 aliphatic heterocycles. The van der Waals surface area contributed by atoms with Gasteiger partial charge >= 0.3 is 0 Å². The molecule has 1 aliphatic carbocycles. The summed E-state index contributed by atoms with van der Waals surface area (Å²) in [6, 6.07) is 6.56. The highest BCUT2D eigenvalue weighted by molar-refractivity contribution is 14.0. The van der Waals surface area contributed by atoms with E-state index < -0.39 is 11.8 Å². The van der Waals surface area contributed by atoms with Crippen molar-refractivity contribution in [3.8, 4) is 0 Å². The molecule has 1 aromatic carbocycles. The molecule has 4 N–H and O–H groups in total. The quantitative estimate of drug-likeness (QED) is 0.287. The standard InChI is InChI=1S/C19H29FN4OS.HI/c1-3-22-19(24-16-8-9-17(11-16)26-2)23-12-14(18(21)25)10-13-4-6-15(20)7-5-13;/h4-7,14,16-17H,3,8-12H2,1-2H3,(H2,21,25)(H2,22,23,24);1H. The zero-order valence-electron chi connectivity index (χ0n) is 15.9. The van der Waals surface area contributed by atoms with Crippen LogP contribution in [0.3, 0.4) is 0 Å². The highest BCUT2D eigenvalue weighted by Crippen LogP contribution is 2.28. The van der Waals surface area contributed by atoms with E-state index in [4.69, 9.17) is 5.73 Å². The van der Waals surface area contributed by atoms with Crippen molar-refractivity contribution in [2.24, 2.45) is 16.6 Å². The van der Waals surface area contributed by atoms with Crippen LogP contribution in [0.2, 0.25) is 0 Å². The molecule has 0 spiro atoms. The minimum Gasteiger partial charge on any atom is -0.369 e. The second-order valence-corrected chi connectivity index (χ2v) is 7.80. The highest BCUT2D eigenvalue weighted by atomic mass is 127. The lowest BCUT2D eigenvalue weighted by Gasteiger charge is -2.18. The number of amides is 1. The summed E-state index contributed by atoms with van der Waals surface area (Å²) in [7, 11) is 0. The van der Waals surface area contributed by atoms with E-state index in [-0.39, 0.29) is 29.8 Å². The molecule has 0 bridgehead atoms. The molecule has 1 aliphatic rings. The molecule has 0 radical (unpaired) electrons. The molecule has 0 aromatic heterocycles. The van der Waals surface area contributed by atoms with E-state index >= 15 is 0 Å². The summed E-state index contributed by atoms with van der Waals surface area (Å²) >= 11 is 1.91. The maximum absolute atomic E-state index is 13.0. The fraction of sp³-hybridized carbons (Fsp3) is 0.579. The van der Waals surface area contributed by atoms with Crippen molar-refractivity contribution < 1.29 is 9.18 Å². The average molecular weight is 508 g/mol. The fourth-order valence-corrected chi connectivity index (χ4v) is 3.96. The number of rotatable bonds is 8. The van der Waals surface area contributed by atoms with Crippen LogP contribution in [0.5, 0.6) is 0 Å². The van der Waals surface area contributed by atoms with Gasteiger partial charge in [0.1, 0.15) is 5.82 Å². The van der Waals surface area contributed by atoms with Crippen molar-refractivity contribution in [3.63, 3.8) is 0 Å². The van der Waals surface area contributed by atoms with Crippen LogP contribution in [-0.4, -0.2) is 42.5 Å². The number of primary amides is 1. The Labute approximate surface area is 182 Å².